The fraction of sp³-hybridized carbons (Fsp3) is 0.643. The highest BCUT2D eigenvalue weighted by Gasteiger charge is 2.17. The number of hydrogen-bond acceptors (Lipinski definition) is 2. The molecule has 0 aromatic rings. The third-order valence-electron chi connectivity index (χ3n) is 3.09. The Morgan fingerprint density at radius 1 is 1.41 bits per heavy atom. The predicted octanol–water partition coefficient (Wildman–Crippen LogP) is 2.11. The number of allylic oxidation sites excluding steroid dienone is 3. The molecule has 1 fully saturated rings. The van der Waals surface area contributed by atoms with Gasteiger partial charge in [0.05, 0.1) is 0 Å². The highest BCUT2D eigenvalue weighted by molar-refractivity contribution is 5.87. The van der Waals surface area contributed by atoms with Crippen LogP contribution in [0.5, 0.6) is 0 Å². The lowest BCUT2D eigenvalue weighted by Crippen LogP contribution is -2.45. The highest BCUT2D eigenvalue weighted by Crippen LogP contribution is 2.08. The number of likely N-dealkylation sites (N-methyl/N-ethyl adjacent to an activating group) is 1. The molecule has 0 radical (unpaired) electrons. The minimum atomic E-state index is 0.109. The third-order valence-corrected chi connectivity index (χ3v) is 3.09. The van der Waals surface area contributed by atoms with E-state index in [-0.39, 0.29) is 5.91 Å². The van der Waals surface area contributed by atoms with Crippen LogP contribution >= 0.6 is 0 Å². The molecule has 1 aliphatic heterocycles. The molecule has 1 saturated heterocycles. The molecule has 1 unspecified atom stereocenters. The lowest BCUT2D eigenvalue weighted by Gasteiger charge is -2.29. The van der Waals surface area contributed by atoms with Gasteiger partial charge in [-0.15, -0.1) is 0 Å². The average molecular weight is 236 g/mol. The molecule has 3 heteroatoms. The summed E-state index contributed by atoms with van der Waals surface area (Å²) in [7, 11) is 0. The normalized spacial score (nSPS) is 21.2. The number of carbonyl (C=O) groups is 1. The number of carbonyl (C=O) groups excluding carboxylic acids is 1. The van der Waals surface area contributed by atoms with Crippen LogP contribution < -0.4 is 5.32 Å². The van der Waals surface area contributed by atoms with Gasteiger partial charge in [0, 0.05) is 25.2 Å². The number of nitrogens with zero attached hydrogens (tertiary/aromatic N) is 1. The van der Waals surface area contributed by atoms with Crippen molar-refractivity contribution in [2.45, 2.75) is 39.2 Å². The van der Waals surface area contributed by atoms with Crippen molar-refractivity contribution in [1.29, 1.82) is 0 Å². The van der Waals surface area contributed by atoms with E-state index in [0.29, 0.717) is 6.04 Å². The average Bonchev–Trinajstić information content (AvgIpc) is 2.37. The van der Waals surface area contributed by atoms with E-state index in [1.54, 1.807) is 12.2 Å². The summed E-state index contributed by atoms with van der Waals surface area (Å²) in [5.74, 6) is 0.109. The minimum Gasteiger partial charge on any atom is -0.338 e. The van der Waals surface area contributed by atoms with Crippen LogP contribution in [0.4, 0.5) is 0 Å². The lowest BCUT2D eigenvalue weighted by molar-refractivity contribution is -0.126. The second-order valence-corrected chi connectivity index (χ2v) is 4.41. The second-order valence-electron chi connectivity index (χ2n) is 4.41. The smallest absolute Gasteiger partial charge is 0.246 e. The summed E-state index contributed by atoms with van der Waals surface area (Å²) < 4.78 is 0. The van der Waals surface area contributed by atoms with Gasteiger partial charge in [-0.3, -0.25) is 4.79 Å². The Hall–Kier alpha value is -1.09. The molecule has 1 N–H and O–H groups in total. The molecule has 1 atom stereocenters. The number of hydrogen-bond donors (Lipinski definition) is 1. The van der Waals surface area contributed by atoms with Gasteiger partial charge in [0.1, 0.15) is 0 Å². The molecular weight excluding hydrogens is 212 g/mol. The molecular formula is C14H24N2O. The van der Waals surface area contributed by atoms with Gasteiger partial charge in [0.2, 0.25) is 5.91 Å². The summed E-state index contributed by atoms with van der Waals surface area (Å²) in [6.07, 6.45) is 11.0. The Labute approximate surface area is 105 Å². The minimum absolute atomic E-state index is 0.109. The van der Waals surface area contributed by atoms with Crippen LogP contribution in [0, 0.1) is 0 Å². The molecule has 96 valence electrons. The van der Waals surface area contributed by atoms with Gasteiger partial charge in [-0.1, -0.05) is 24.6 Å². The van der Waals surface area contributed by atoms with Crippen molar-refractivity contribution in [3.63, 3.8) is 0 Å². The summed E-state index contributed by atoms with van der Waals surface area (Å²) in [5, 5.41) is 3.47. The summed E-state index contributed by atoms with van der Waals surface area (Å²) in [6.45, 7) is 6.67. The van der Waals surface area contributed by atoms with E-state index < -0.39 is 0 Å². The molecule has 0 aromatic carbocycles. The summed E-state index contributed by atoms with van der Waals surface area (Å²) in [6, 6.07) is 0.475. The molecule has 0 aliphatic carbocycles. The van der Waals surface area contributed by atoms with Crippen LogP contribution in [-0.4, -0.2) is 36.5 Å². The zero-order valence-corrected chi connectivity index (χ0v) is 11.0. The first-order chi connectivity index (χ1) is 8.27. The van der Waals surface area contributed by atoms with Crippen LogP contribution in [0.15, 0.2) is 24.3 Å². The molecule has 1 aliphatic rings. The van der Waals surface area contributed by atoms with Crippen LogP contribution in [0.3, 0.4) is 0 Å². The molecule has 0 spiro atoms. The Bertz CT molecular complexity index is 278. The highest BCUT2D eigenvalue weighted by atomic mass is 16.2. The molecule has 1 heterocycles. The van der Waals surface area contributed by atoms with Gasteiger partial charge in [0.25, 0.3) is 0 Å². The van der Waals surface area contributed by atoms with Gasteiger partial charge >= 0.3 is 0 Å². The monoisotopic (exact) mass is 236 g/mol. The van der Waals surface area contributed by atoms with Crippen molar-refractivity contribution < 1.29 is 4.79 Å². The van der Waals surface area contributed by atoms with E-state index in [1.165, 1.54) is 19.3 Å². The maximum Gasteiger partial charge on any atom is 0.246 e. The number of nitrogens with one attached hydrogen (secondary N) is 1. The van der Waals surface area contributed by atoms with Crippen molar-refractivity contribution in [2.24, 2.45) is 0 Å². The summed E-state index contributed by atoms with van der Waals surface area (Å²) in [5.41, 5.74) is 0. The van der Waals surface area contributed by atoms with Crippen LogP contribution in [0.25, 0.3) is 0 Å². The quantitative estimate of drug-likeness (QED) is 0.586. The molecule has 17 heavy (non-hydrogen) atoms. The predicted molar refractivity (Wildman–Crippen MR) is 71.8 cm³/mol. The molecule has 1 rings (SSSR count). The zero-order valence-electron chi connectivity index (χ0n) is 11.0. The Balaban J connectivity index is 2.43. The van der Waals surface area contributed by atoms with Crippen LogP contribution in [0.2, 0.25) is 0 Å². The Morgan fingerprint density at radius 3 is 2.82 bits per heavy atom. The van der Waals surface area contributed by atoms with E-state index in [2.05, 4.69) is 5.32 Å². The standard InChI is InChI=1S/C14H24N2O/c1-3-5-6-10-14(17)16(4-2)12-13-9-7-8-11-15-13/h3,5-6,10,13,15H,4,7-9,11-12H2,1-2H3/b5-3?,10-6+. The maximum absolute atomic E-state index is 11.9. The molecule has 1 amide bonds. The first-order valence-electron chi connectivity index (χ1n) is 6.59. The molecule has 0 aromatic heterocycles. The van der Waals surface area contributed by atoms with Crippen molar-refractivity contribution in [3.05, 3.63) is 24.3 Å². The Morgan fingerprint density at radius 2 is 2.24 bits per heavy atom. The fourth-order valence-electron chi connectivity index (χ4n) is 2.08. The maximum atomic E-state index is 11.9. The lowest BCUT2D eigenvalue weighted by atomic mass is 10.0. The molecule has 0 bridgehead atoms. The van der Waals surface area contributed by atoms with Gasteiger partial charge in [-0.05, 0) is 33.2 Å². The number of amides is 1. The van der Waals surface area contributed by atoms with Crippen LogP contribution in [-0.2, 0) is 4.79 Å². The summed E-state index contributed by atoms with van der Waals surface area (Å²) in [4.78, 5) is 13.8. The zero-order chi connectivity index (χ0) is 12.5. The second kappa shape index (κ2) is 8.07. The van der Waals surface area contributed by atoms with Gasteiger partial charge in [-0.2, -0.15) is 0 Å². The van der Waals surface area contributed by atoms with E-state index in [0.717, 1.165) is 19.6 Å². The van der Waals surface area contributed by atoms with Crippen molar-refractivity contribution in [2.75, 3.05) is 19.6 Å². The fourth-order valence-corrected chi connectivity index (χ4v) is 2.08. The Kier molecular flexibility index (Phi) is 6.63. The largest absolute Gasteiger partial charge is 0.338 e. The van der Waals surface area contributed by atoms with E-state index in [4.69, 9.17) is 0 Å². The van der Waals surface area contributed by atoms with Gasteiger partial charge in [-0.25, -0.2) is 0 Å². The number of piperidine rings is 1. The summed E-state index contributed by atoms with van der Waals surface area (Å²) >= 11 is 0. The van der Waals surface area contributed by atoms with E-state index in [9.17, 15) is 4.79 Å². The molecule has 0 saturated carbocycles. The van der Waals surface area contributed by atoms with E-state index >= 15 is 0 Å². The van der Waals surface area contributed by atoms with Crippen molar-refractivity contribution in [3.8, 4) is 0 Å². The number of rotatable bonds is 5. The first kappa shape index (κ1) is 14.0. The first-order valence-corrected chi connectivity index (χ1v) is 6.59. The van der Waals surface area contributed by atoms with E-state index in [1.807, 2.05) is 30.9 Å². The van der Waals surface area contributed by atoms with Crippen LogP contribution in [0.1, 0.15) is 33.1 Å². The third kappa shape index (κ3) is 5.18. The SMILES string of the molecule is CC=C/C=C/C(=O)N(CC)CC1CCCCN1. The van der Waals surface area contributed by atoms with Crippen molar-refractivity contribution in [1.82, 2.24) is 10.2 Å². The van der Waals surface area contributed by atoms with Gasteiger partial charge in [0.15, 0.2) is 0 Å². The topological polar surface area (TPSA) is 32.3 Å². The van der Waals surface area contributed by atoms with Crippen molar-refractivity contribution >= 4 is 5.91 Å². The van der Waals surface area contributed by atoms with Gasteiger partial charge < -0.3 is 10.2 Å². The molecule has 3 nitrogen and oxygen atoms in total.